The summed E-state index contributed by atoms with van der Waals surface area (Å²) in [6.45, 7) is 3.27. The van der Waals surface area contributed by atoms with Crippen molar-refractivity contribution in [2.75, 3.05) is 6.54 Å². The molecule has 0 saturated carbocycles. The van der Waals surface area contributed by atoms with Crippen LogP contribution in [0.25, 0.3) is 0 Å². The van der Waals surface area contributed by atoms with Gasteiger partial charge < -0.3 is 14.8 Å². The van der Waals surface area contributed by atoms with E-state index in [1.165, 1.54) is 0 Å². The molecular weight excluding hydrogens is 242 g/mol. The van der Waals surface area contributed by atoms with E-state index in [1.54, 1.807) is 37.6 Å². The van der Waals surface area contributed by atoms with Gasteiger partial charge in [0, 0.05) is 31.2 Å². The molecule has 0 saturated heterocycles. The van der Waals surface area contributed by atoms with Crippen molar-refractivity contribution in [3.8, 4) is 11.5 Å². The van der Waals surface area contributed by atoms with Crippen molar-refractivity contribution < 1.29 is 10.2 Å². The number of hydrogen-bond acceptors (Lipinski definition) is 4. The summed E-state index contributed by atoms with van der Waals surface area (Å²) in [7, 11) is 0. The number of rotatable bonds is 5. The van der Waals surface area contributed by atoms with Gasteiger partial charge in [0.15, 0.2) is 0 Å². The molecule has 5 heteroatoms. The highest BCUT2D eigenvalue weighted by atomic mass is 16.3. The van der Waals surface area contributed by atoms with Crippen molar-refractivity contribution in [2.24, 2.45) is 4.99 Å². The lowest BCUT2D eigenvalue weighted by molar-refractivity contribution is 0.448. The number of aliphatic imine (C=N–C) groups is 1. The topological polar surface area (TPSA) is 70.6 Å². The van der Waals surface area contributed by atoms with Crippen molar-refractivity contribution in [3.63, 3.8) is 0 Å². The Labute approximate surface area is 111 Å². The molecule has 0 radical (unpaired) electrons. The summed E-state index contributed by atoms with van der Waals surface area (Å²) < 4.78 is 1.99. The summed E-state index contributed by atoms with van der Waals surface area (Å²) in [5.41, 5.74) is 1.05. The second-order valence-electron chi connectivity index (χ2n) is 4.29. The van der Waals surface area contributed by atoms with Crippen molar-refractivity contribution in [3.05, 3.63) is 42.5 Å². The molecule has 0 amide bonds. The van der Waals surface area contributed by atoms with Gasteiger partial charge in [-0.2, -0.15) is 0 Å². The molecule has 1 aromatic heterocycles. The Morgan fingerprint density at radius 3 is 2.68 bits per heavy atom. The van der Waals surface area contributed by atoms with Crippen LogP contribution in [0.1, 0.15) is 18.9 Å². The molecule has 2 aromatic rings. The highest BCUT2D eigenvalue weighted by Gasteiger charge is 2.09. The zero-order valence-corrected chi connectivity index (χ0v) is 10.8. The lowest BCUT2D eigenvalue weighted by atomic mass is 10.1. The van der Waals surface area contributed by atoms with E-state index in [0.717, 1.165) is 13.0 Å². The molecule has 100 valence electrons. The van der Waals surface area contributed by atoms with Crippen molar-refractivity contribution in [1.82, 2.24) is 9.55 Å². The van der Waals surface area contributed by atoms with Gasteiger partial charge in [0.05, 0.1) is 11.9 Å². The van der Waals surface area contributed by atoms with E-state index in [9.17, 15) is 10.2 Å². The normalized spacial score (nSPS) is 11.7. The van der Waals surface area contributed by atoms with Gasteiger partial charge in [0.2, 0.25) is 0 Å². The minimum atomic E-state index is 0.0517. The fourth-order valence-corrected chi connectivity index (χ4v) is 1.90. The number of imidazole rings is 1. The Kier molecular flexibility index (Phi) is 4.18. The molecule has 2 rings (SSSR count). The van der Waals surface area contributed by atoms with Gasteiger partial charge in [0.1, 0.15) is 11.5 Å². The molecular formula is C14H17N3O2. The average molecular weight is 259 g/mol. The quantitative estimate of drug-likeness (QED) is 0.638. The largest absolute Gasteiger partial charge is 0.507 e. The maximum Gasteiger partial charge on any atom is 0.128 e. The first-order chi connectivity index (χ1) is 9.18. The van der Waals surface area contributed by atoms with Crippen LogP contribution in [0, 0.1) is 0 Å². The zero-order chi connectivity index (χ0) is 13.7. The summed E-state index contributed by atoms with van der Waals surface area (Å²) in [6, 6.07) is 4.68. The third-order valence-corrected chi connectivity index (χ3v) is 2.86. The van der Waals surface area contributed by atoms with Crippen LogP contribution in [-0.2, 0) is 6.54 Å². The molecule has 0 aliphatic heterocycles. The molecule has 19 heavy (non-hydrogen) atoms. The van der Waals surface area contributed by atoms with Crippen LogP contribution in [0.3, 0.4) is 0 Å². The SMILES string of the molecule is CC(=NCCCn1ccnc1)c1c(O)cccc1O. The number of phenols is 2. The molecule has 2 N–H and O–H groups in total. The molecule has 1 aromatic carbocycles. The van der Waals surface area contributed by atoms with Gasteiger partial charge in [-0.1, -0.05) is 6.07 Å². The number of aryl methyl sites for hydroxylation is 1. The first-order valence-electron chi connectivity index (χ1n) is 6.16. The summed E-state index contributed by atoms with van der Waals surface area (Å²) in [5, 5.41) is 19.4. The number of aromatic nitrogens is 2. The lowest BCUT2D eigenvalue weighted by Crippen LogP contribution is -2.00. The minimum absolute atomic E-state index is 0.0517. The Bertz CT molecular complexity index is 542. The molecule has 5 nitrogen and oxygen atoms in total. The van der Waals surface area contributed by atoms with Crippen LogP contribution in [0.15, 0.2) is 41.9 Å². The number of hydrogen-bond donors (Lipinski definition) is 2. The van der Waals surface area contributed by atoms with Crippen LogP contribution < -0.4 is 0 Å². The summed E-state index contributed by atoms with van der Waals surface area (Å²) in [6.07, 6.45) is 6.30. The third-order valence-electron chi connectivity index (χ3n) is 2.86. The standard InChI is InChI=1S/C14H17N3O2/c1-11(14-12(18)4-2-5-13(14)19)16-6-3-8-17-9-7-15-10-17/h2,4-5,7,9-10,18-19H,3,6,8H2,1H3. The predicted molar refractivity (Wildman–Crippen MR) is 73.7 cm³/mol. The number of nitrogens with zero attached hydrogens (tertiary/aromatic N) is 3. The molecule has 1 heterocycles. The summed E-state index contributed by atoms with van der Waals surface area (Å²) in [5.74, 6) is 0.103. The lowest BCUT2D eigenvalue weighted by Gasteiger charge is -2.07. The van der Waals surface area contributed by atoms with Gasteiger partial charge in [-0.3, -0.25) is 4.99 Å². The van der Waals surface area contributed by atoms with Crippen LogP contribution in [0.5, 0.6) is 11.5 Å². The maximum atomic E-state index is 9.72. The van der Waals surface area contributed by atoms with Crippen LogP contribution in [0.4, 0.5) is 0 Å². The predicted octanol–water partition coefficient (Wildman–Crippen LogP) is 2.19. The van der Waals surface area contributed by atoms with E-state index in [1.807, 2.05) is 10.8 Å². The van der Waals surface area contributed by atoms with Crippen molar-refractivity contribution in [1.29, 1.82) is 0 Å². The molecule has 0 unspecified atom stereocenters. The number of aromatic hydroxyl groups is 2. The second-order valence-corrected chi connectivity index (χ2v) is 4.29. The van der Waals surface area contributed by atoms with Gasteiger partial charge in [-0.15, -0.1) is 0 Å². The first kappa shape index (κ1) is 13.1. The van der Waals surface area contributed by atoms with Crippen LogP contribution >= 0.6 is 0 Å². The van der Waals surface area contributed by atoms with E-state index in [-0.39, 0.29) is 11.5 Å². The molecule has 0 bridgehead atoms. The van der Waals surface area contributed by atoms with E-state index in [4.69, 9.17) is 0 Å². The molecule has 0 spiro atoms. The molecule has 0 aliphatic carbocycles. The summed E-state index contributed by atoms with van der Waals surface area (Å²) >= 11 is 0. The third kappa shape index (κ3) is 3.34. The highest BCUT2D eigenvalue weighted by molar-refractivity contribution is 6.03. The van der Waals surface area contributed by atoms with E-state index >= 15 is 0 Å². The molecule has 0 fully saturated rings. The Hall–Kier alpha value is -2.30. The minimum Gasteiger partial charge on any atom is -0.507 e. The van der Waals surface area contributed by atoms with Gasteiger partial charge in [-0.25, -0.2) is 4.98 Å². The van der Waals surface area contributed by atoms with Gasteiger partial charge in [-0.05, 0) is 25.5 Å². The zero-order valence-electron chi connectivity index (χ0n) is 10.8. The van der Waals surface area contributed by atoms with E-state index in [0.29, 0.717) is 17.8 Å². The van der Waals surface area contributed by atoms with E-state index < -0.39 is 0 Å². The summed E-state index contributed by atoms with van der Waals surface area (Å²) in [4.78, 5) is 8.35. The monoisotopic (exact) mass is 259 g/mol. The van der Waals surface area contributed by atoms with Crippen LogP contribution in [0.2, 0.25) is 0 Å². The van der Waals surface area contributed by atoms with Gasteiger partial charge >= 0.3 is 0 Å². The first-order valence-corrected chi connectivity index (χ1v) is 6.16. The van der Waals surface area contributed by atoms with Crippen LogP contribution in [-0.4, -0.2) is 32.0 Å². The van der Waals surface area contributed by atoms with Gasteiger partial charge in [0.25, 0.3) is 0 Å². The Balaban J connectivity index is 1.95. The Morgan fingerprint density at radius 2 is 2.05 bits per heavy atom. The highest BCUT2D eigenvalue weighted by Crippen LogP contribution is 2.26. The van der Waals surface area contributed by atoms with Crippen molar-refractivity contribution in [2.45, 2.75) is 19.9 Å². The second kappa shape index (κ2) is 6.04. The fraction of sp³-hybridized carbons (Fsp3) is 0.286. The molecule has 0 atom stereocenters. The Morgan fingerprint density at radius 1 is 1.32 bits per heavy atom. The van der Waals surface area contributed by atoms with Crippen molar-refractivity contribution >= 4 is 5.71 Å². The number of benzene rings is 1. The van der Waals surface area contributed by atoms with E-state index in [2.05, 4.69) is 9.98 Å². The average Bonchev–Trinajstić information content (AvgIpc) is 2.87. The molecule has 0 aliphatic rings. The fourth-order valence-electron chi connectivity index (χ4n) is 1.90. The maximum absolute atomic E-state index is 9.72. The number of phenolic OH excluding ortho intramolecular Hbond substituents is 2. The smallest absolute Gasteiger partial charge is 0.128 e.